The van der Waals surface area contributed by atoms with Gasteiger partial charge in [0.2, 0.25) is 0 Å². The van der Waals surface area contributed by atoms with Gasteiger partial charge in [-0.15, -0.1) is 0 Å². The predicted octanol–water partition coefficient (Wildman–Crippen LogP) is 2.22. The second kappa shape index (κ2) is 9.18. The lowest BCUT2D eigenvalue weighted by atomic mass is 10.2. The molecule has 0 bridgehead atoms. The molecule has 0 radical (unpaired) electrons. The van der Waals surface area contributed by atoms with Gasteiger partial charge in [-0.3, -0.25) is 0 Å². The van der Waals surface area contributed by atoms with Crippen LogP contribution in [0.4, 0.5) is 4.79 Å². The zero-order valence-electron chi connectivity index (χ0n) is 13.0. The average molecular weight is 326 g/mol. The van der Waals surface area contributed by atoms with E-state index in [1.165, 1.54) is 0 Å². The lowest BCUT2D eigenvalue weighted by Crippen LogP contribution is -2.35. The second-order valence-electron chi connectivity index (χ2n) is 5.04. The van der Waals surface area contributed by atoms with E-state index in [9.17, 15) is 9.90 Å². The van der Waals surface area contributed by atoms with Gasteiger partial charge in [0.25, 0.3) is 0 Å². The number of rotatable bonds is 7. The number of carbonyl (C=O) groups excluding carboxylic acids is 1. The quantitative estimate of drug-likeness (QED) is 0.814. The first kappa shape index (κ1) is 17.3. The minimum absolute atomic E-state index is 0.0178. The number of hydrogen-bond acceptors (Lipinski definition) is 5. The summed E-state index contributed by atoms with van der Waals surface area (Å²) in [6.07, 6.45) is -1.47. The Morgan fingerprint density at radius 2 is 1.88 bits per heavy atom. The van der Waals surface area contributed by atoms with Crippen molar-refractivity contribution in [1.82, 2.24) is 5.32 Å². The molecule has 2 rings (SSSR count). The summed E-state index contributed by atoms with van der Waals surface area (Å²) in [6, 6.07) is 17.9. The van der Waals surface area contributed by atoms with Gasteiger partial charge in [0, 0.05) is 0 Å². The van der Waals surface area contributed by atoms with Crippen molar-refractivity contribution in [3.63, 3.8) is 0 Å². The van der Waals surface area contributed by atoms with Crippen molar-refractivity contribution in [3.05, 3.63) is 65.7 Å². The zero-order valence-corrected chi connectivity index (χ0v) is 13.0. The molecule has 2 aromatic carbocycles. The molecule has 1 amide bonds. The average Bonchev–Trinajstić information content (AvgIpc) is 2.64. The number of nitrogens with one attached hydrogen (secondary N) is 1. The van der Waals surface area contributed by atoms with Gasteiger partial charge in [0.15, 0.2) is 0 Å². The first-order valence-electron chi connectivity index (χ1n) is 7.43. The third-order valence-electron chi connectivity index (χ3n) is 3.12. The largest absolute Gasteiger partial charge is 0.491 e. The molecule has 0 aliphatic rings. The van der Waals surface area contributed by atoms with Gasteiger partial charge in [-0.2, -0.15) is 5.26 Å². The van der Waals surface area contributed by atoms with Crippen LogP contribution in [0.5, 0.6) is 5.75 Å². The van der Waals surface area contributed by atoms with Crippen LogP contribution in [0.15, 0.2) is 54.6 Å². The fraction of sp³-hybridized carbons (Fsp3) is 0.222. The number of aliphatic hydroxyl groups is 1. The van der Waals surface area contributed by atoms with Crippen LogP contribution in [0.2, 0.25) is 0 Å². The van der Waals surface area contributed by atoms with E-state index in [1.807, 2.05) is 36.4 Å². The Kier molecular flexibility index (Phi) is 6.62. The van der Waals surface area contributed by atoms with Crippen LogP contribution in [-0.4, -0.2) is 30.5 Å². The molecule has 1 unspecified atom stereocenters. The maximum atomic E-state index is 11.5. The number of hydrogen-bond donors (Lipinski definition) is 2. The molecule has 1 atom stereocenters. The summed E-state index contributed by atoms with van der Waals surface area (Å²) >= 11 is 0. The standard InChI is InChI=1S/C18H18N2O4/c19-10-14-6-8-17(9-7-14)23-13-16(21)11-20-18(22)24-12-15-4-2-1-3-5-15/h1-9,16,21H,11-13H2,(H,20,22). The third-order valence-corrected chi connectivity index (χ3v) is 3.12. The van der Waals surface area contributed by atoms with Gasteiger partial charge < -0.3 is 19.9 Å². The van der Waals surface area contributed by atoms with Crippen molar-refractivity contribution in [2.24, 2.45) is 0 Å². The lowest BCUT2D eigenvalue weighted by molar-refractivity contribution is 0.0965. The van der Waals surface area contributed by atoms with Crippen LogP contribution in [-0.2, 0) is 11.3 Å². The zero-order chi connectivity index (χ0) is 17.2. The molecule has 124 valence electrons. The van der Waals surface area contributed by atoms with E-state index in [0.717, 1.165) is 5.56 Å². The molecule has 0 saturated carbocycles. The van der Waals surface area contributed by atoms with Gasteiger partial charge in [-0.05, 0) is 29.8 Å². The Labute approximate surface area is 140 Å². The van der Waals surface area contributed by atoms with Crippen molar-refractivity contribution in [2.75, 3.05) is 13.2 Å². The molecule has 2 N–H and O–H groups in total. The number of benzene rings is 2. The number of ether oxygens (including phenoxy) is 2. The molecule has 0 aliphatic heterocycles. The van der Waals surface area contributed by atoms with Crippen LogP contribution in [0.3, 0.4) is 0 Å². The van der Waals surface area contributed by atoms with Gasteiger partial charge in [0.1, 0.15) is 25.1 Å². The molecule has 0 heterocycles. The fourth-order valence-corrected chi connectivity index (χ4v) is 1.85. The fourth-order valence-electron chi connectivity index (χ4n) is 1.85. The molecule has 0 spiro atoms. The van der Waals surface area contributed by atoms with E-state index in [1.54, 1.807) is 24.3 Å². The van der Waals surface area contributed by atoms with E-state index >= 15 is 0 Å². The summed E-state index contributed by atoms with van der Waals surface area (Å²) < 4.78 is 10.4. The summed E-state index contributed by atoms with van der Waals surface area (Å²) in [7, 11) is 0. The van der Waals surface area contributed by atoms with E-state index in [0.29, 0.717) is 11.3 Å². The van der Waals surface area contributed by atoms with Gasteiger partial charge >= 0.3 is 6.09 Å². The third kappa shape index (κ3) is 5.99. The highest BCUT2D eigenvalue weighted by molar-refractivity contribution is 5.67. The van der Waals surface area contributed by atoms with Crippen molar-refractivity contribution in [3.8, 4) is 11.8 Å². The Morgan fingerprint density at radius 1 is 1.17 bits per heavy atom. The molecule has 6 heteroatoms. The number of carbonyl (C=O) groups is 1. The summed E-state index contributed by atoms with van der Waals surface area (Å²) in [5, 5.41) is 21.0. The molecule has 0 aliphatic carbocycles. The van der Waals surface area contributed by atoms with Crippen LogP contribution in [0.1, 0.15) is 11.1 Å². The molecular formula is C18H18N2O4. The first-order chi connectivity index (χ1) is 11.7. The number of nitriles is 1. The molecule has 6 nitrogen and oxygen atoms in total. The smallest absolute Gasteiger partial charge is 0.407 e. The van der Waals surface area contributed by atoms with Crippen molar-refractivity contribution in [1.29, 1.82) is 5.26 Å². The van der Waals surface area contributed by atoms with Gasteiger partial charge in [-0.25, -0.2) is 4.79 Å². The minimum atomic E-state index is -0.870. The SMILES string of the molecule is N#Cc1ccc(OCC(O)CNC(=O)OCc2ccccc2)cc1. The highest BCUT2D eigenvalue weighted by Crippen LogP contribution is 2.11. The van der Waals surface area contributed by atoms with Crippen LogP contribution < -0.4 is 10.1 Å². The Balaban J connectivity index is 1.64. The van der Waals surface area contributed by atoms with E-state index in [2.05, 4.69) is 5.32 Å². The monoisotopic (exact) mass is 326 g/mol. The summed E-state index contributed by atoms with van der Waals surface area (Å²) in [5.74, 6) is 0.541. The molecule has 0 saturated heterocycles. The molecule has 0 aromatic heterocycles. The molecule has 0 fully saturated rings. The summed E-state index contributed by atoms with van der Waals surface area (Å²) in [4.78, 5) is 11.5. The molecule has 24 heavy (non-hydrogen) atoms. The number of alkyl carbamates (subject to hydrolysis) is 1. The number of amides is 1. The summed E-state index contributed by atoms with van der Waals surface area (Å²) in [5.41, 5.74) is 1.42. The Morgan fingerprint density at radius 3 is 2.54 bits per heavy atom. The predicted molar refractivity (Wildman–Crippen MR) is 87.3 cm³/mol. The van der Waals surface area contributed by atoms with Crippen molar-refractivity contribution < 1.29 is 19.4 Å². The Hall–Kier alpha value is -3.04. The maximum absolute atomic E-state index is 11.5. The first-order valence-corrected chi connectivity index (χ1v) is 7.43. The second-order valence-corrected chi connectivity index (χ2v) is 5.04. The topological polar surface area (TPSA) is 91.6 Å². The molecule has 2 aromatic rings. The molecular weight excluding hydrogens is 308 g/mol. The number of nitrogens with zero attached hydrogens (tertiary/aromatic N) is 1. The van der Waals surface area contributed by atoms with Gasteiger partial charge in [0.05, 0.1) is 18.2 Å². The normalized spacial score (nSPS) is 11.2. The van der Waals surface area contributed by atoms with E-state index < -0.39 is 12.2 Å². The number of aliphatic hydroxyl groups excluding tert-OH is 1. The van der Waals surface area contributed by atoms with Crippen LogP contribution in [0, 0.1) is 11.3 Å². The van der Waals surface area contributed by atoms with Crippen molar-refractivity contribution in [2.45, 2.75) is 12.7 Å². The van der Waals surface area contributed by atoms with Crippen LogP contribution in [0.25, 0.3) is 0 Å². The minimum Gasteiger partial charge on any atom is -0.491 e. The van der Waals surface area contributed by atoms with Crippen LogP contribution >= 0.6 is 0 Å². The summed E-state index contributed by atoms with van der Waals surface area (Å²) in [6.45, 7) is 0.208. The maximum Gasteiger partial charge on any atom is 0.407 e. The Bertz CT molecular complexity index is 680. The highest BCUT2D eigenvalue weighted by Gasteiger charge is 2.09. The van der Waals surface area contributed by atoms with E-state index in [4.69, 9.17) is 14.7 Å². The van der Waals surface area contributed by atoms with Crippen molar-refractivity contribution >= 4 is 6.09 Å². The lowest BCUT2D eigenvalue weighted by Gasteiger charge is -2.13. The van der Waals surface area contributed by atoms with E-state index in [-0.39, 0.29) is 19.8 Å². The van der Waals surface area contributed by atoms with Gasteiger partial charge in [-0.1, -0.05) is 30.3 Å². The highest BCUT2D eigenvalue weighted by atomic mass is 16.5.